The van der Waals surface area contributed by atoms with E-state index < -0.39 is 0 Å². The molecule has 0 aliphatic carbocycles. The van der Waals surface area contributed by atoms with E-state index in [1.54, 1.807) is 11.8 Å². The van der Waals surface area contributed by atoms with Crippen molar-refractivity contribution < 1.29 is 9.15 Å². The van der Waals surface area contributed by atoms with Crippen LogP contribution in [0.2, 0.25) is 0 Å². The Labute approximate surface area is 123 Å². The SMILES string of the molecule is COc1c([C@H]2CCCN2Cc2nnc(C)o2)c(C)nn1C. The molecular weight excluding hydrogens is 270 g/mol. The summed E-state index contributed by atoms with van der Waals surface area (Å²) in [5.74, 6) is 2.11. The molecule has 1 atom stereocenters. The minimum absolute atomic E-state index is 0.292. The third-order valence-corrected chi connectivity index (χ3v) is 4.01. The Morgan fingerprint density at radius 3 is 2.81 bits per heavy atom. The zero-order valence-electron chi connectivity index (χ0n) is 13.0. The first-order chi connectivity index (χ1) is 10.1. The van der Waals surface area contributed by atoms with Crippen LogP contribution in [0.15, 0.2) is 4.42 Å². The van der Waals surface area contributed by atoms with Gasteiger partial charge in [-0.15, -0.1) is 10.2 Å². The second-order valence-corrected chi connectivity index (χ2v) is 5.48. The van der Waals surface area contributed by atoms with Gasteiger partial charge in [0.15, 0.2) is 0 Å². The number of methoxy groups -OCH3 is 1. The van der Waals surface area contributed by atoms with E-state index in [2.05, 4.69) is 20.2 Å². The smallest absolute Gasteiger partial charge is 0.230 e. The summed E-state index contributed by atoms with van der Waals surface area (Å²) in [7, 11) is 3.61. The van der Waals surface area contributed by atoms with Crippen LogP contribution < -0.4 is 4.74 Å². The fourth-order valence-electron chi connectivity index (χ4n) is 3.20. The molecule has 0 N–H and O–H groups in total. The van der Waals surface area contributed by atoms with Crippen LogP contribution >= 0.6 is 0 Å². The van der Waals surface area contributed by atoms with Crippen molar-refractivity contribution in [2.45, 2.75) is 39.3 Å². The molecule has 0 spiro atoms. The second-order valence-electron chi connectivity index (χ2n) is 5.48. The van der Waals surface area contributed by atoms with Crippen molar-refractivity contribution >= 4 is 0 Å². The zero-order valence-corrected chi connectivity index (χ0v) is 13.0. The van der Waals surface area contributed by atoms with Gasteiger partial charge in [0.25, 0.3) is 0 Å². The largest absolute Gasteiger partial charge is 0.481 e. The lowest BCUT2D eigenvalue weighted by Crippen LogP contribution is -2.23. The molecule has 0 radical (unpaired) electrons. The predicted molar refractivity (Wildman–Crippen MR) is 75.9 cm³/mol. The quantitative estimate of drug-likeness (QED) is 0.855. The monoisotopic (exact) mass is 291 g/mol. The first-order valence-corrected chi connectivity index (χ1v) is 7.20. The van der Waals surface area contributed by atoms with Crippen molar-refractivity contribution in [1.82, 2.24) is 24.9 Å². The first kappa shape index (κ1) is 14.1. The molecule has 0 unspecified atom stereocenters. The standard InChI is InChI=1S/C14H21N5O2/c1-9-13(14(20-4)18(3)17-9)11-6-5-7-19(11)8-12-16-15-10(2)21-12/h11H,5-8H2,1-4H3/t11-/m1/s1. The van der Waals surface area contributed by atoms with Crippen LogP contribution in [0, 0.1) is 13.8 Å². The highest BCUT2D eigenvalue weighted by molar-refractivity contribution is 5.35. The summed E-state index contributed by atoms with van der Waals surface area (Å²) in [6, 6.07) is 0.292. The molecule has 0 aromatic carbocycles. The third kappa shape index (κ3) is 2.53. The Bertz CT molecular complexity index is 633. The van der Waals surface area contributed by atoms with Crippen LogP contribution in [0.3, 0.4) is 0 Å². The van der Waals surface area contributed by atoms with E-state index in [-0.39, 0.29) is 0 Å². The van der Waals surface area contributed by atoms with Crippen molar-refractivity contribution in [2.75, 3.05) is 13.7 Å². The number of hydrogen-bond acceptors (Lipinski definition) is 6. The van der Waals surface area contributed by atoms with Crippen molar-refractivity contribution in [3.05, 3.63) is 23.0 Å². The summed E-state index contributed by atoms with van der Waals surface area (Å²) < 4.78 is 12.8. The number of aromatic nitrogens is 4. The number of likely N-dealkylation sites (tertiary alicyclic amines) is 1. The van der Waals surface area contributed by atoms with Gasteiger partial charge in [0.2, 0.25) is 17.7 Å². The second kappa shape index (κ2) is 5.48. The minimum atomic E-state index is 0.292. The van der Waals surface area contributed by atoms with Crippen molar-refractivity contribution in [1.29, 1.82) is 0 Å². The summed E-state index contributed by atoms with van der Waals surface area (Å²) in [5, 5.41) is 12.5. The Morgan fingerprint density at radius 2 is 2.14 bits per heavy atom. The molecular formula is C14H21N5O2. The topological polar surface area (TPSA) is 69.2 Å². The Morgan fingerprint density at radius 1 is 1.33 bits per heavy atom. The number of aryl methyl sites for hydroxylation is 3. The summed E-state index contributed by atoms with van der Waals surface area (Å²) in [5.41, 5.74) is 2.20. The molecule has 0 bridgehead atoms. The van der Waals surface area contributed by atoms with Gasteiger partial charge in [-0.05, 0) is 26.3 Å². The lowest BCUT2D eigenvalue weighted by molar-refractivity contribution is 0.217. The highest BCUT2D eigenvalue weighted by Gasteiger charge is 2.33. The molecule has 0 amide bonds. The van der Waals surface area contributed by atoms with Gasteiger partial charge in [-0.3, -0.25) is 4.90 Å². The van der Waals surface area contributed by atoms with E-state index in [0.29, 0.717) is 24.4 Å². The molecule has 21 heavy (non-hydrogen) atoms. The van der Waals surface area contributed by atoms with Crippen LogP contribution in [0.25, 0.3) is 0 Å². The van der Waals surface area contributed by atoms with Gasteiger partial charge in [0, 0.05) is 20.0 Å². The summed E-state index contributed by atoms with van der Waals surface area (Å²) in [6.07, 6.45) is 2.24. The lowest BCUT2D eigenvalue weighted by Gasteiger charge is -2.23. The van der Waals surface area contributed by atoms with Crippen LogP contribution in [-0.4, -0.2) is 38.5 Å². The first-order valence-electron chi connectivity index (χ1n) is 7.20. The molecule has 1 saturated heterocycles. The third-order valence-electron chi connectivity index (χ3n) is 4.01. The maximum absolute atomic E-state index is 5.53. The highest BCUT2D eigenvalue weighted by atomic mass is 16.5. The highest BCUT2D eigenvalue weighted by Crippen LogP contribution is 2.39. The minimum Gasteiger partial charge on any atom is -0.481 e. The Hall–Kier alpha value is -1.89. The van der Waals surface area contributed by atoms with E-state index in [0.717, 1.165) is 31.0 Å². The Balaban J connectivity index is 1.87. The molecule has 1 fully saturated rings. The van der Waals surface area contributed by atoms with Gasteiger partial charge in [0.1, 0.15) is 0 Å². The van der Waals surface area contributed by atoms with E-state index in [9.17, 15) is 0 Å². The fraction of sp³-hybridized carbons (Fsp3) is 0.643. The lowest BCUT2D eigenvalue weighted by atomic mass is 10.1. The van der Waals surface area contributed by atoms with Gasteiger partial charge in [-0.2, -0.15) is 5.10 Å². The molecule has 7 heteroatoms. The number of nitrogens with zero attached hydrogens (tertiary/aromatic N) is 5. The van der Waals surface area contributed by atoms with E-state index in [1.165, 1.54) is 5.56 Å². The van der Waals surface area contributed by atoms with Crippen LogP contribution in [0.1, 0.15) is 41.9 Å². The maximum Gasteiger partial charge on any atom is 0.230 e. The van der Waals surface area contributed by atoms with Crippen LogP contribution in [0.4, 0.5) is 0 Å². The van der Waals surface area contributed by atoms with Crippen molar-refractivity contribution in [2.24, 2.45) is 7.05 Å². The van der Waals surface area contributed by atoms with Crippen LogP contribution in [-0.2, 0) is 13.6 Å². The molecule has 1 aliphatic rings. The zero-order chi connectivity index (χ0) is 15.0. The molecule has 7 nitrogen and oxygen atoms in total. The van der Waals surface area contributed by atoms with Gasteiger partial charge >= 0.3 is 0 Å². The van der Waals surface area contributed by atoms with Crippen LogP contribution in [0.5, 0.6) is 5.88 Å². The molecule has 2 aromatic rings. The molecule has 3 rings (SSSR count). The van der Waals surface area contributed by atoms with E-state index in [4.69, 9.17) is 9.15 Å². The van der Waals surface area contributed by atoms with Gasteiger partial charge in [-0.1, -0.05) is 0 Å². The number of hydrogen-bond donors (Lipinski definition) is 0. The number of ether oxygens (including phenoxy) is 1. The molecule has 1 aliphatic heterocycles. The van der Waals surface area contributed by atoms with Crippen molar-refractivity contribution in [3.8, 4) is 5.88 Å². The van der Waals surface area contributed by atoms with Gasteiger partial charge < -0.3 is 9.15 Å². The normalized spacial score (nSPS) is 19.3. The van der Waals surface area contributed by atoms with Gasteiger partial charge in [-0.25, -0.2) is 4.68 Å². The predicted octanol–water partition coefficient (Wildman–Crippen LogP) is 1.77. The number of rotatable bonds is 4. The maximum atomic E-state index is 5.53. The molecule has 2 aromatic heterocycles. The fourth-order valence-corrected chi connectivity index (χ4v) is 3.20. The summed E-state index contributed by atoms with van der Waals surface area (Å²) in [4.78, 5) is 2.36. The van der Waals surface area contributed by atoms with E-state index >= 15 is 0 Å². The average molecular weight is 291 g/mol. The van der Waals surface area contributed by atoms with Crippen molar-refractivity contribution in [3.63, 3.8) is 0 Å². The van der Waals surface area contributed by atoms with Gasteiger partial charge in [0.05, 0.1) is 24.9 Å². The van der Waals surface area contributed by atoms with E-state index in [1.807, 2.05) is 20.9 Å². The Kier molecular flexibility index (Phi) is 3.67. The average Bonchev–Trinajstić information content (AvgIpc) is 3.10. The molecule has 3 heterocycles. The summed E-state index contributed by atoms with van der Waals surface area (Å²) in [6.45, 7) is 5.53. The molecule has 114 valence electrons. The molecule has 0 saturated carbocycles. The summed E-state index contributed by atoms with van der Waals surface area (Å²) >= 11 is 0.